The SMILES string of the molecule is N#CCOc1cccc(CNc2c(Cl)cc(Br)cc2Cl)c1. The number of nitriles is 1. The molecule has 2 aromatic rings. The van der Waals surface area contributed by atoms with Gasteiger partial charge in [-0.1, -0.05) is 51.3 Å². The fourth-order valence-corrected chi connectivity index (χ4v) is 3.10. The molecule has 108 valence electrons. The molecule has 0 aromatic heterocycles. The standard InChI is InChI=1S/C15H11BrCl2N2O/c16-11-7-13(17)15(14(18)8-11)20-9-10-2-1-3-12(6-10)21-5-4-19/h1-3,6-8,20H,5,9H2. The Kier molecular flexibility index (Phi) is 5.75. The monoisotopic (exact) mass is 384 g/mol. The van der Waals surface area contributed by atoms with Gasteiger partial charge in [0.05, 0.1) is 15.7 Å². The van der Waals surface area contributed by atoms with Crippen molar-refractivity contribution in [3.8, 4) is 11.8 Å². The highest BCUT2D eigenvalue weighted by Gasteiger charge is 2.07. The van der Waals surface area contributed by atoms with Crippen LogP contribution in [0.4, 0.5) is 5.69 Å². The summed E-state index contributed by atoms with van der Waals surface area (Å²) in [6, 6.07) is 13.0. The normalized spacial score (nSPS) is 10.0. The number of rotatable bonds is 5. The van der Waals surface area contributed by atoms with E-state index < -0.39 is 0 Å². The lowest BCUT2D eigenvalue weighted by molar-refractivity contribution is 0.368. The van der Waals surface area contributed by atoms with Gasteiger partial charge in [-0.15, -0.1) is 0 Å². The van der Waals surface area contributed by atoms with Crippen molar-refractivity contribution < 1.29 is 4.74 Å². The Bertz CT molecular complexity index is 663. The van der Waals surface area contributed by atoms with E-state index in [4.69, 9.17) is 33.2 Å². The van der Waals surface area contributed by atoms with E-state index in [2.05, 4.69) is 21.2 Å². The van der Waals surface area contributed by atoms with Gasteiger partial charge in [-0.25, -0.2) is 0 Å². The van der Waals surface area contributed by atoms with Crippen molar-refractivity contribution in [2.24, 2.45) is 0 Å². The molecule has 0 spiro atoms. The minimum absolute atomic E-state index is 0.0290. The van der Waals surface area contributed by atoms with Crippen molar-refractivity contribution >= 4 is 44.8 Å². The zero-order valence-electron chi connectivity index (χ0n) is 10.9. The summed E-state index contributed by atoms with van der Waals surface area (Å²) in [5.74, 6) is 0.656. The molecular weight excluding hydrogens is 375 g/mol. The van der Waals surface area contributed by atoms with Crippen LogP contribution in [0, 0.1) is 11.3 Å². The van der Waals surface area contributed by atoms with Crippen LogP contribution in [0.25, 0.3) is 0 Å². The molecule has 0 saturated heterocycles. The van der Waals surface area contributed by atoms with Gasteiger partial charge in [0.2, 0.25) is 0 Å². The third kappa shape index (κ3) is 4.53. The Morgan fingerprint density at radius 1 is 1.19 bits per heavy atom. The van der Waals surface area contributed by atoms with Crippen LogP contribution in [0.3, 0.4) is 0 Å². The first kappa shape index (κ1) is 16.0. The second kappa shape index (κ2) is 7.56. The predicted octanol–water partition coefficient (Wildman–Crippen LogP) is 5.27. The summed E-state index contributed by atoms with van der Waals surface area (Å²) in [6.45, 7) is 0.575. The number of benzene rings is 2. The summed E-state index contributed by atoms with van der Waals surface area (Å²) in [6.07, 6.45) is 0. The first-order valence-electron chi connectivity index (χ1n) is 6.07. The maximum atomic E-state index is 8.51. The van der Waals surface area contributed by atoms with Gasteiger partial charge in [0, 0.05) is 11.0 Å². The second-order valence-corrected chi connectivity index (χ2v) is 5.92. The van der Waals surface area contributed by atoms with Crippen molar-refractivity contribution in [3.63, 3.8) is 0 Å². The highest BCUT2D eigenvalue weighted by Crippen LogP contribution is 2.34. The molecule has 0 aliphatic heterocycles. The molecule has 0 saturated carbocycles. The van der Waals surface area contributed by atoms with Crippen LogP contribution < -0.4 is 10.1 Å². The fourth-order valence-electron chi connectivity index (χ4n) is 1.76. The quantitative estimate of drug-likeness (QED) is 0.762. The minimum atomic E-state index is 0.0290. The molecule has 1 N–H and O–H groups in total. The van der Waals surface area contributed by atoms with E-state index in [9.17, 15) is 0 Å². The van der Waals surface area contributed by atoms with E-state index in [1.54, 1.807) is 18.2 Å². The molecule has 21 heavy (non-hydrogen) atoms. The molecule has 0 radical (unpaired) electrons. The molecule has 3 nitrogen and oxygen atoms in total. The summed E-state index contributed by atoms with van der Waals surface area (Å²) in [7, 11) is 0. The Morgan fingerprint density at radius 2 is 1.90 bits per heavy atom. The zero-order chi connectivity index (χ0) is 15.2. The third-order valence-corrected chi connectivity index (χ3v) is 3.73. The lowest BCUT2D eigenvalue weighted by Gasteiger charge is -2.12. The van der Waals surface area contributed by atoms with Gasteiger partial charge in [0.15, 0.2) is 6.61 Å². The summed E-state index contributed by atoms with van der Waals surface area (Å²) in [5.41, 5.74) is 1.69. The van der Waals surface area contributed by atoms with Crippen molar-refractivity contribution in [1.82, 2.24) is 0 Å². The molecule has 2 rings (SSSR count). The van der Waals surface area contributed by atoms with Gasteiger partial charge in [-0.2, -0.15) is 5.26 Å². The molecular formula is C15H11BrCl2N2O. The van der Waals surface area contributed by atoms with Crippen LogP contribution >= 0.6 is 39.1 Å². The van der Waals surface area contributed by atoms with E-state index in [0.717, 1.165) is 10.0 Å². The van der Waals surface area contributed by atoms with Gasteiger partial charge in [0.25, 0.3) is 0 Å². The van der Waals surface area contributed by atoms with E-state index in [-0.39, 0.29) is 6.61 Å². The van der Waals surface area contributed by atoms with Crippen LogP contribution in [0.1, 0.15) is 5.56 Å². The topological polar surface area (TPSA) is 45.0 Å². The van der Waals surface area contributed by atoms with Crippen LogP contribution in [0.5, 0.6) is 5.75 Å². The molecule has 6 heteroatoms. The van der Waals surface area contributed by atoms with Gasteiger partial charge in [-0.3, -0.25) is 0 Å². The lowest BCUT2D eigenvalue weighted by Crippen LogP contribution is -2.01. The summed E-state index contributed by atoms with van der Waals surface area (Å²) >= 11 is 15.7. The number of nitrogens with zero attached hydrogens (tertiary/aromatic N) is 1. The van der Waals surface area contributed by atoms with Crippen LogP contribution in [0.2, 0.25) is 10.0 Å². The fraction of sp³-hybridized carbons (Fsp3) is 0.133. The highest BCUT2D eigenvalue weighted by molar-refractivity contribution is 9.10. The Balaban J connectivity index is 2.08. The molecule has 0 bridgehead atoms. The molecule has 0 fully saturated rings. The van der Waals surface area contributed by atoms with Crippen molar-refractivity contribution in [3.05, 3.63) is 56.5 Å². The van der Waals surface area contributed by atoms with Crippen LogP contribution in [-0.4, -0.2) is 6.61 Å². The van der Waals surface area contributed by atoms with E-state index in [1.165, 1.54) is 0 Å². The zero-order valence-corrected chi connectivity index (χ0v) is 14.0. The van der Waals surface area contributed by atoms with Crippen molar-refractivity contribution in [2.45, 2.75) is 6.54 Å². The lowest BCUT2D eigenvalue weighted by atomic mass is 10.2. The molecule has 0 atom stereocenters. The molecule has 0 heterocycles. The van der Waals surface area contributed by atoms with E-state index in [0.29, 0.717) is 28.0 Å². The van der Waals surface area contributed by atoms with E-state index >= 15 is 0 Å². The number of hydrogen-bond acceptors (Lipinski definition) is 3. The molecule has 2 aromatic carbocycles. The van der Waals surface area contributed by atoms with Crippen molar-refractivity contribution in [2.75, 3.05) is 11.9 Å². The third-order valence-electron chi connectivity index (χ3n) is 2.68. The molecule has 0 unspecified atom stereocenters. The maximum absolute atomic E-state index is 8.51. The Morgan fingerprint density at radius 3 is 2.57 bits per heavy atom. The van der Waals surface area contributed by atoms with Gasteiger partial charge < -0.3 is 10.1 Å². The molecule has 0 aliphatic rings. The van der Waals surface area contributed by atoms with Gasteiger partial charge in [-0.05, 0) is 29.8 Å². The summed E-state index contributed by atoms with van der Waals surface area (Å²) in [4.78, 5) is 0. The van der Waals surface area contributed by atoms with Crippen molar-refractivity contribution in [1.29, 1.82) is 5.26 Å². The van der Waals surface area contributed by atoms with Gasteiger partial charge >= 0.3 is 0 Å². The number of nitrogens with one attached hydrogen (secondary N) is 1. The smallest absolute Gasteiger partial charge is 0.174 e. The average molecular weight is 386 g/mol. The second-order valence-electron chi connectivity index (χ2n) is 4.19. The number of anilines is 1. The first-order chi connectivity index (χ1) is 10.1. The average Bonchev–Trinajstić information content (AvgIpc) is 2.44. The number of halogens is 3. The van der Waals surface area contributed by atoms with Crippen LogP contribution in [0.15, 0.2) is 40.9 Å². The number of hydrogen-bond donors (Lipinski definition) is 1. The summed E-state index contributed by atoms with van der Waals surface area (Å²) < 4.78 is 6.09. The summed E-state index contributed by atoms with van der Waals surface area (Å²) in [5, 5.41) is 12.8. The minimum Gasteiger partial charge on any atom is -0.479 e. The molecule has 0 aliphatic carbocycles. The first-order valence-corrected chi connectivity index (χ1v) is 7.62. The van der Waals surface area contributed by atoms with E-state index in [1.807, 2.05) is 24.3 Å². The highest BCUT2D eigenvalue weighted by atomic mass is 79.9. The molecule has 0 amide bonds. The van der Waals surface area contributed by atoms with Crippen LogP contribution in [-0.2, 0) is 6.54 Å². The maximum Gasteiger partial charge on any atom is 0.174 e. The largest absolute Gasteiger partial charge is 0.479 e. The Hall–Kier alpha value is -1.41. The number of ether oxygens (including phenoxy) is 1. The Labute approximate surface area is 141 Å². The van der Waals surface area contributed by atoms with Gasteiger partial charge in [0.1, 0.15) is 11.8 Å². The predicted molar refractivity (Wildman–Crippen MR) is 89.0 cm³/mol.